The van der Waals surface area contributed by atoms with Gasteiger partial charge in [-0.25, -0.2) is 0 Å². The quantitative estimate of drug-likeness (QED) is 0.749. The van der Waals surface area contributed by atoms with E-state index in [1.165, 1.54) is 0 Å². The lowest BCUT2D eigenvalue weighted by Crippen LogP contribution is -2.38. The van der Waals surface area contributed by atoms with E-state index in [1.54, 1.807) is 0 Å². The van der Waals surface area contributed by atoms with Crippen LogP contribution in [0.25, 0.3) is 0 Å². The molecule has 0 aliphatic carbocycles. The Morgan fingerprint density at radius 3 is 2.80 bits per heavy atom. The minimum absolute atomic E-state index is 0.311. The van der Waals surface area contributed by atoms with Crippen LogP contribution in [0.15, 0.2) is 0 Å². The van der Waals surface area contributed by atoms with Crippen LogP contribution < -0.4 is 0 Å². The summed E-state index contributed by atoms with van der Waals surface area (Å²) >= 11 is 0. The number of carbonyl (C=O) groups is 1. The summed E-state index contributed by atoms with van der Waals surface area (Å²) in [5.74, 6) is -0.686. The predicted octanol–water partition coefficient (Wildman–Crippen LogP) is 1.21. The summed E-state index contributed by atoms with van der Waals surface area (Å²) in [5, 5.41) is 9.09. The van der Waals surface area contributed by atoms with E-state index in [0.29, 0.717) is 25.8 Å². The van der Waals surface area contributed by atoms with Crippen molar-refractivity contribution < 1.29 is 14.6 Å². The van der Waals surface area contributed by atoms with Crippen molar-refractivity contribution in [3.8, 4) is 0 Å². The fourth-order valence-electron chi connectivity index (χ4n) is 1.94. The first kappa shape index (κ1) is 12.5. The molecule has 4 nitrogen and oxygen atoms in total. The van der Waals surface area contributed by atoms with E-state index in [2.05, 4.69) is 11.8 Å². The molecule has 0 spiro atoms. The fourth-order valence-corrected chi connectivity index (χ4v) is 1.94. The number of ether oxygens (including phenoxy) is 1. The molecule has 0 bridgehead atoms. The van der Waals surface area contributed by atoms with Crippen LogP contribution in [-0.2, 0) is 9.53 Å². The first-order valence-corrected chi connectivity index (χ1v) is 5.55. The second-order valence-corrected chi connectivity index (χ2v) is 4.59. The number of aliphatic carboxylic acids is 1. The van der Waals surface area contributed by atoms with Crippen LogP contribution in [0.5, 0.6) is 0 Å². The molecule has 15 heavy (non-hydrogen) atoms. The van der Waals surface area contributed by atoms with E-state index in [1.807, 2.05) is 13.8 Å². The molecule has 1 saturated heterocycles. The third-order valence-electron chi connectivity index (χ3n) is 3.21. The summed E-state index contributed by atoms with van der Waals surface area (Å²) in [4.78, 5) is 13.2. The summed E-state index contributed by atoms with van der Waals surface area (Å²) in [7, 11) is 0. The Hall–Kier alpha value is -0.610. The van der Waals surface area contributed by atoms with Gasteiger partial charge in [-0.1, -0.05) is 0 Å². The average molecular weight is 215 g/mol. The lowest BCUT2D eigenvalue weighted by atomic mass is 9.90. The highest BCUT2D eigenvalue weighted by atomic mass is 16.5. The van der Waals surface area contributed by atoms with Crippen LogP contribution >= 0.6 is 0 Å². The molecule has 88 valence electrons. The molecule has 1 N–H and O–H groups in total. The van der Waals surface area contributed by atoms with Gasteiger partial charge in [0.15, 0.2) is 0 Å². The summed E-state index contributed by atoms with van der Waals surface area (Å²) in [6, 6.07) is 0.311. The van der Waals surface area contributed by atoms with Crippen molar-refractivity contribution in [1.82, 2.24) is 4.90 Å². The molecule has 0 aromatic heterocycles. The lowest BCUT2D eigenvalue weighted by molar-refractivity contribution is -0.147. The Labute approximate surface area is 91.2 Å². The number of hydrogen-bond acceptors (Lipinski definition) is 3. The van der Waals surface area contributed by atoms with Gasteiger partial charge in [0.25, 0.3) is 0 Å². The lowest BCUT2D eigenvalue weighted by Gasteiger charge is -2.25. The molecular weight excluding hydrogens is 194 g/mol. The van der Waals surface area contributed by atoms with Crippen molar-refractivity contribution in [3.63, 3.8) is 0 Å². The zero-order chi connectivity index (χ0) is 11.5. The van der Waals surface area contributed by atoms with Crippen molar-refractivity contribution in [2.24, 2.45) is 5.41 Å². The molecule has 4 heteroatoms. The molecule has 1 aliphatic heterocycles. The van der Waals surface area contributed by atoms with E-state index < -0.39 is 11.4 Å². The van der Waals surface area contributed by atoms with Crippen LogP contribution in [0.2, 0.25) is 0 Å². The van der Waals surface area contributed by atoms with Gasteiger partial charge in [0.05, 0.1) is 12.0 Å². The molecule has 2 atom stereocenters. The maximum Gasteiger partial charge on any atom is 0.310 e. The molecule has 0 radical (unpaired) electrons. The van der Waals surface area contributed by atoms with Gasteiger partial charge in [-0.15, -0.1) is 0 Å². The molecule has 1 aliphatic rings. The Morgan fingerprint density at radius 1 is 1.67 bits per heavy atom. The van der Waals surface area contributed by atoms with Gasteiger partial charge in [0.1, 0.15) is 0 Å². The molecule has 0 aromatic carbocycles. The summed E-state index contributed by atoms with van der Waals surface area (Å²) in [5.41, 5.74) is -0.569. The van der Waals surface area contributed by atoms with Crippen LogP contribution in [0.4, 0.5) is 0 Å². The first-order chi connectivity index (χ1) is 6.99. The first-order valence-electron chi connectivity index (χ1n) is 5.55. The van der Waals surface area contributed by atoms with Crippen molar-refractivity contribution in [2.75, 3.05) is 26.3 Å². The summed E-state index contributed by atoms with van der Waals surface area (Å²) in [6.45, 7) is 8.78. The predicted molar refractivity (Wildman–Crippen MR) is 57.9 cm³/mol. The van der Waals surface area contributed by atoms with Gasteiger partial charge >= 0.3 is 5.97 Å². The standard InChI is InChI=1S/C11H21NO3/c1-4-15-7-9(2)12-6-5-11(3,8-12)10(13)14/h9H,4-8H2,1-3H3,(H,13,14). The molecular formula is C11H21NO3. The van der Waals surface area contributed by atoms with Gasteiger partial charge in [-0.2, -0.15) is 0 Å². The van der Waals surface area contributed by atoms with Gasteiger partial charge in [-0.05, 0) is 33.7 Å². The Balaban J connectivity index is 2.45. The van der Waals surface area contributed by atoms with Crippen LogP contribution in [0.3, 0.4) is 0 Å². The average Bonchev–Trinajstić information content (AvgIpc) is 2.59. The number of carboxylic acids is 1. The van der Waals surface area contributed by atoms with Gasteiger partial charge < -0.3 is 9.84 Å². The van der Waals surface area contributed by atoms with Crippen molar-refractivity contribution in [2.45, 2.75) is 33.2 Å². The monoisotopic (exact) mass is 215 g/mol. The van der Waals surface area contributed by atoms with E-state index in [-0.39, 0.29) is 0 Å². The van der Waals surface area contributed by atoms with E-state index in [0.717, 1.165) is 13.0 Å². The Kier molecular flexibility index (Phi) is 4.11. The number of carboxylic acid groups (broad SMARTS) is 1. The van der Waals surface area contributed by atoms with E-state index in [4.69, 9.17) is 9.84 Å². The SMILES string of the molecule is CCOCC(C)N1CCC(C)(C(=O)O)C1. The minimum atomic E-state index is -0.686. The zero-order valence-electron chi connectivity index (χ0n) is 9.82. The molecule has 0 saturated carbocycles. The molecule has 1 rings (SSSR count). The van der Waals surface area contributed by atoms with Crippen LogP contribution in [0, 0.1) is 5.41 Å². The topological polar surface area (TPSA) is 49.8 Å². The smallest absolute Gasteiger partial charge is 0.310 e. The molecule has 1 heterocycles. The second-order valence-electron chi connectivity index (χ2n) is 4.59. The van der Waals surface area contributed by atoms with Crippen molar-refractivity contribution in [1.29, 1.82) is 0 Å². The Morgan fingerprint density at radius 2 is 2.33 bits per heavy atom. The van der Waals surface area contributed by atoms with E-state index >= 15 is 0 Å². The highest BCUT2D eigenvalue weighted by Gasteiger charge is 2.41. The number of rotatable bonds is 5. The number of hydrogen-bond donors (Lipinski definition) is 1. The third kappa shape index (κ3) is 2.92. The molecule has 0 amide bonds. The normalized spacial score (nSPS) is 29.3. The minimum Gasteiger partial charge on any atom is -0.481 e. The summed E-state index contributed by atoms with van der Waals surface area (Å²) in [6.07, 6.45) is 0.735. The fraction of sp³-hybridized carbons (Fsp3) is 0.909. The zero-order valence-corrected chi connectivity index (χ0v) is 9.82. The third-order valence-corrected chi connectivity index (χ3v) is 3.21. The maximum absolute atomic E-state index is 11.0. The van der Waals surface area contributed by atoms with Crippen LogP contribution in [0.1, 0.15) is 27.2 Å². The van der Waals surface area contributed by atoms with Gasteiger partial charge in [-0.3, -0.25) is 9.69 Å². The highest BCUT2D eigenvalue weighted by molar-refractivity contribution is 5.74. The number of nitrogens with zero attached hydrogens (tertiary/aromatic N) is 1. The largest absolute Gasteiger partial charge is 0.481 e. The Bertz CT molecular complexity index is 232. The summed E-state index contributed by atoms with van der Waals surface area (Å²) < 4.78 is 5.35. The van der Waals surface area contributed by atoms with E-state index in [9.17, 15) is 4.79 Å². The molecule has 0 aromatic rings. The highest BCUT2D eigenvalue weighted by Crippen LogP contribution is 2.31. The number of likely N-dealkylation sites (tertiary alicyclic amines) is 1. The van der Waals surface area contributed by atoms with Crippen molar-refractivity contribution in [3.05, 3.63) is 0 Å². The van der Waals surface area contributed by atoms with Gasteiger partial charge in [0, 0.05) is 19.2 Å². The van der Waals surface area contributed by atoms with Gasteiger partial charge in [0.2, 0.25) is 0 Å². The maximum atomic E-state index is 11.0. The molecule has 1 fully saturated rings. The second kappa shape index (κ2) is 4.94. The molecule has 2 unspecified atom stereocenters. The van der Waals surface area contributed by atoms with Crippen molar-refractivity contribution >= 4 is 5.97 Å². The van der Waals surface area contributed by atoms with Crippen LogP contribution in [-0.4, -0.2) is 48.3 Å².